The first-order valence-electron chi connectivity index (χ1n) is 8.26. The molecule has 25 heavy (non-hydrogen) atoms. The van der Waals surface area contributed by atoms with Crippen molar-refractivity contribution in [2.45, 2.75) is 37.5 Å². The Balaban J connectivity index is 2.01. The van der Waals surface area contributed by atoms with Gasteiger partial charge < -0.3 is 20.9 Å². The maximum Gasteiger partial charge on any atom is 0.404 e. The first-order valence-corrected chi connectivity index (χ1v) is 8.26. The maximum absolute atomic E-state index is 12.7. The zero-order valence-corrected chi connectivity index (χ0v) is 14.0. The molecule has 1 aliphatic rings. The number of halogens is 1. The Kier molecular flexibility index (Phi) is 6.38. The van der Waals surface area contributed by atoms with Gasteiger partial charge in [0.2, 0.25) is 5.91 Å². The van der Waals surface area contributed by atoms with Crippen LogP contribution >= 0.6 is 0 Å². The van der Waals surface area contributed by atoms with E-state index >= 15 is 0 Å². The fraction of sp³-hybridized carbons (Fsp3) is 0.444. The standard InChI is InChI=1S/C18H23FN2O4/c19-10-13(11-21-17(23)24)12-25-15-6-4-14(5-7-15)18(16(20)22)8-2-1-3-9-18/h4-7,10,21H,1-3,8-9,11-12H2,(H2,20,22)(H,23,24)/b13-10+. The van der Waals surface area contributed by atoms with Crippen LogP contribution in [0.4, 0.5) is 9.18 Å². The number of nitrogens with one attached hydrogen (secondary N) is 1. The summed E-state index contributed by atoms with van der Waals surface area (Å²) in [6.45, 7) is -0.216. The van der Waals surface area contributed by atoms with Gasteiger partial charge in [-0.15, -0.1) is 0 Å². The number of hydrogen-bond donors (Lipinski definition) is 3. The maximum atomic E-state index is 12.7. The second-order valence-corrected chi connectivity index (χ2v) is 6.25. The first kappa shape index (κ1) is 18.8. The molecule has 0 saturated heterocycles. The van der Waals surface area contributed by atoms with Crippen molar-refractivity contribution in [3.05, 3.63) is 41.7 Å². The van der Waals surface area contributed by atoms with E-state index in [9.17, 15) is 14.0 Å². The van der Waals surface area contributed by atoms with E-state index in [1.807, 2.05) is 12.1 Å². The largest absolute Gasteiger partial charge is 0.489 e. The molecule has 136 valence electrons. The molecule has 1 aromatic carbocycles. The lowest BCUT2D eigenvalue weighted by Gasteiger charge is -2.34. The third-order valence-electron chi connectivity index (χ3n) is 4.63. The number of carbonyl (C=O) groups is 2. The lowest BCUT2D eigenvalue weighted by atomic mass is 9.69. The van der Waals surface area contributed by atoms with E-state index < -0.39 is 11.5 Å². The van der Waals surface area contributed by atoms with E-state index in [4.69, 9.17) is 15.6 Å². The summed E-state index contributed by atoms with van der Waals surface area (Å²) in [7, 11) is 0. The Labute approximate surface area is 145 Å². The topological polar surface area (TPSA) is 102 Å². The molecule has 0 atom stereocenters. The van der Waals surface area contributed by atoms with Gasteiger partial charge in [-0.2, -0.15) is 0 Å². The zero-order chi connectivity index (χ0) is 18.3. The second kappa shape index (κ2) is 8.50. The van der Waals surface area contributed by atoms with Crippen LogP contribution in [0.25, 0.3) is 0 Å². The summed E-state index contributed by atoms with van der Waals surface area (Å²) in [4.78, 5) is 22.5. The normalized spacial score (nSPS) is 16.9. The molecule has 0 aromatic heterocycles. The molecule has 1 aliphatic carbocycles. The number of amides is 2. The molecule has 1 saturated carbocycles. The highest BCUT2D eigenvalue weighted by molar-refractivity contribution is 5.86. The fourth-order valence-corrected chi connectivity index (χ4v) is 3.19. The van der Waals surface area contributed by atoms with E-state index in [0.717, 1.165) is 37.7 Å². The van der Waals surface area contributed by atoms with Gasteiger partial charge in [0.1, 0.15) is 12.4 Å². The highest BCUT2D eigenvalue weighted by atomic mass is 19.1. The molecule has 0 heterocycles. The smallest absolute Gasteiger partial charge is 0.404 e. The first-order chi connectivity index (χ1) is 12.0. The molecule has 4 N–H and O–H groups in total. The van der Waals surface area contributed by atoms with Crippen molar-refractivity contribution in [1.29, 1.82) is 0 Å². The molecular weight excluding hydrogens is 327 g/mol. The van der Waals surface area contributed by atoms with Crippen LogP contribution in [0.1, 0.15) is 37.7 Å². The van der Waals surface area contributed by atoms with E-state index in [1.165, 1.54) is 0 Å². The Morgan fingerprint density at radius 2 is 1.88 bits per heavy atom. The second-order valence-electron chi connectivity index (χ2n) is 6.25. The molecule has 2 amide bonds. The van der Waals surface area contributed by atoms with Crippen molar-refractivity contribution in [3.63, 3.8) is 0 Å². The monoisotopic (exact) mass is 350 g/mol. The quantitative estimate of drug-likeness (QED) is 0.704. The molecule has 1 fully saturated rings. The average Bonchev–Trinajstić information content (AvgIpc) is 2.62. The molecule has 0 bridgehead atoms. The van der Waals surface area contributed by atoms with E-state index in [0.29, 0.717) is 12.1 Å². The summed E-state index contributed by atoms with van der Waals surface area (Å²) < 4.78 is 18.2. The van der Waals surface area contributed by atoms with Crippen LogP contribution in [0.5, 0.6) is 5.75 Å². The minimum atomic E-state index is -1.23. The lowest BCUT2D eigenvalue weighted by molar-refractivity contribution is -0.124. The number of carbonyl (C=O) groups excluding carboxylic acids is 1. The van der Waals surface area contributed by atoms with Crippen molar-refractivity contribution < 1.29 is 23.8 Å². The number of benzene rings is 1. The molecule has 0 radical (unpaired) electrons. The number of hydrogen-bond acceptors (Lipinski definition) is 3. The van der Waals surface area contributed by atoms with Crippen molar-refractivity contribution in [2.75, 3.05) is 13.2 Å². The van der Waals surface area contributed by atoms with Gasteiger partial charge in [0.05, 0.1) is 11.7 Å². The van der Waals surface area contributed by atoms with Crippen molar-refractivity contribution >= 4 is 12.0 Å². The Bertz CT molecular complexity index is 637. The van der Waals surface area contributed by atoms with Crippen molar-refractivity contribution in [3.8, 4) is 5.75 Å². The molecule has 7 heteroatoms. The SMILES string of the molecule is NC(=O)C1(c2ccc(OC/C(=C/F)CNC(=O)O)cc2)CCCCC1. The van der Waals surface area contributed by atoms with Crippen LogP contribution in [0, 0.1) is 0 Å². The Hall–Kier alpha value is -2.57. The van der Waals surface area contributed by atoms with Gasteiger partial charge in [-0.1, -0.05) is 31.4 Å². The van der Waals surface area contributed by atoms with Gasteiger partial charge >= 0.3 is 6.09 Å². The predicted molar refractivity (Wildman–Crippen MR) is 91.1 cm³/mol. The van der Waals surface area contributed by atoms with Crippen molar-refractivity contribution in [2.24, 2.45) is 5.73 Å². The molecular formula is C18H23FN2O4. The Morgan fingerprint density at radius 3 is 2.40 bits per heavy atom. The van der Waals surface area contributed by atoms with Crippen LogP contribution in [0.15, 0.2) is 36.2 Å². The van der Waals surface area contributed by atoms with Gasteiger partial charge in [0, 0.05) is 12.1 Å². The summed E-state index contributed by atoms with van der Waals surface area (Å²) in [6, 6.07) is 7.07. The molecule has 2 rings (SSSR count). The molecule has 1 aromatic rings. The lowest BCUT2D eigenvalue weighted by Crippen LogP contribution is -2.42. The predicted octanol–water partition coefficient (Wildman–Crippen LogP) is 2.87. The van der Waals surface area contributed by atoms with Gasteiger partial charge in [-0.05, 0) is 30.5 Å². The number of nitrogens with two attached hydrogens (primary N) is 1. The third kappa shape index (κ3) is 4.71. The molecule has 0 unspecified atom stereocenters. The number of ether oxygens (including phenoxy) is 1. The highest BCUT2D eigenvalue weighted by Gasteiger charge is 2.39. The van der Waals surface area contributed by atoms with Gasteiger partial charge in [-0.3, -0.25) is 4.79 Å². The van der Waals surface area contributed by atoms with Crippen LogP contribution in [0.3, 0.4) is 0 Å². The van der Waals surface area contributed by atoms with Gasteiger partial charge in [-0.25, -0.2) is 9.18 Å². The zero-order valence-electron chi connectivity index (χ0n) is 14.0. The summed E-state index contributed by atoms with van der Waals surface area (Å²) in [5, 5.41) is 10.6. The number of rotatable bonds is 7. The van der Waals surface area contributed by atoms with E-state index in [2.05, 4.69) is 5.32 Å². The molecule has 6 nitrogen and oxygen atoms in total. The van der Waals surface area contributed by atoms with Gasteiger partial charge in [0.25, 0.3) is 0 Å². The van der Waals surface area contributed by atoms with Crippen molar-refractivity contribution in [1.82, 2.24) is 5.32 Å². The van der Waals surface area contributed by atoms with Crippen LogP contribution in [-0.2, 0) is 10.2 Å². The van der Waals surface area contributed by atoms with E-state index in [1.54, 1.807) is 12.1 Å². The number of primary amides is 1. The van der Waals surface area contributed by atoms with Gasteiger partial charge in [0.15, 0.2) is 0 Å². The minimum Gasteiger partial charge on any atom is -0.489 e. The third-order valence-corrected chi connectivity index (χ3v) is 4.63. The summed E-state index contributed by atoms with van der Waals surface area (Å²) >= 11 is 0. The molecule has 0 spiro atoms. The highest BCUT2D eigenvalue weighted by Crippen LogP contribution is 2.39. The van der Waals surface area contributed by atoms with Crippen LogP contribution in [0.2, 0.25) is 0 Å². The number of carboxylic acid groups (broad SMARTS) is 1. The van der Waals surface area contributed by atoms with Crippen LogP contribution in [-0.4, -0.2) is 30.3 Å². The Morgan fingerprint density at radius 1 is 1.24 bits per heavy atom. The molecule has 0 aliphatic heterocycles. The minimum absolute atomic E-state index is 0.0723. The fourth-order valence-electron chi connectivity index (χ4n) is 3.19. The summed E-state index contributed by atoms with van der Waals surface area (Å²) in [5.41, 5.74) is 6.10. The summed E-state index contributed by atoms with van der Waals surface area (Å²) in [5.74, 6) is 0.206. The van der Waals surface area contributed by atoms with E-state index in [-0.39, 0.29) is 24.6 Å². The average molecular weight is 350 g/mol. The van der Waals surface area contributed by atoms with Crippen LogP contribution < -0.4 is 15.8 Å². The summed E-state index contributed by atoms with van der Waals surface area (Å²) in [6.07, 6.45) is 3.65.